The van der Waals surface area contributed by atoms with Gasteiger partial charge in [-0.05, 0) is 12.8 Å². The molecule has 0 aromatic carbocycles. The number of allylic oxidation sites excluding steroid dienone is 2. The minimum atomic E-state index is 0.261. The van der Waals surface area contributed by atoms with Crippen LogP contribution >= 0.6 is 0 Å². The van der Waals surface area contributed by atoms with Crippen LogP contribution in [0.2, 0.25) is 0 Å². The molecule has 0 spiro atoms. The number of aliphatic hydroxyl groups excluding tert-OH is 2. The van der Waals surface area contributed by atoms with Crippen LogP contribution in [-0.4, -0.2) is 10.2 Å². The van der Waals surface area contributed by atoms with Crippen LogP contribution in [0.25, 0.3) is 0 Å². The van der Waals surface area contributed by atoms with Gasteiger partial charge in [0.05, 0.1) is 0 Å². The first kappa shape index (κ1) is 25.9. The van der Waals surface area contributed by atoms with E-state index in [0.29, 0.717) is 12.8 Å². The normalized spacial score (nSPS) is 12.5. The molecule has 0 aromatic heterocycles. The molecule has 2 N–H and O–H groups in total. The minimum absolute atomic E-state index is 0.261. The number of hydrogen-bond donors (Lipinski definition) is 2. The van der Waals surface area contributed by atoms with E-state index >= 15 is 0 Å². The van der Waals surface area contributed by atoms with Gasteiger partial charge in [-0.25, -0.2) is 0 Å². The highest BCUT2D eigenvalue weighted by Gasteiger charge is 1.98. The lowest BCUT2D eigenvalue weighted by atomic mass is 10.1. The summed E-state index contributed by atoms with van der Waals surface area (Å²) in [6.45, 7) is 4.48. The van der Waals surface area contributed by atoms with E-state index in [1.807, 2.05) is 0 Å². The highest BCUT2D eigenvalue weighted by molar-refractivity contribution is 4.90. The molecule has 0 unspecified atom stereocenters. The largest absolute Gasteiger partial charge is 0.509 e. The lowest BCUT2D eigenvalue weighted by Crippen LogP contribution is -1.87. The number of unbranched alkanes of at least 4 members (excludes halogenated alkanes) is 14. The van der Waals surface area contributed by atoms with Crippen LogP contribution in [0.15, 0.2) is 24.0 Å². The van der Waals surface area contributed by atoms with Gasteiger partial charge in [0.1, 0.15) is 24.0 Å². The maximum absolute atomic E-state index is 9.79. The van der Waals surface area contributed by atoms with Gasteiger partial charge in [-0.1, -0.05) is 104 Å². The Kier molecular flexibility index (Phi) is 20.3. The van der Waals surface area contributed by atoms with Crippen molar-refractivity contribution in [2.24, 2.45) is 0 Å². The predicted octanol–water partition coefficient (Wildman–Crippen LogP) is 8.86. The quantitative estimate of drug-likeness (QED) is 0.163. The maximum atomic E-state index is 9.79. The number of aliphatic hydroxyl groups is 2. The molecule has 0 amide bonds. The lowest BCUT2D eigenvalue weighted by Gasteiger charge is -2.03. The summed E-state index contributed by atoms with van der Waals surface area (Å²) in [5.74, 6) is 0.522. The van der Waals surface area contributed by atoms with Gasteiger partial charge in [-0.15, -0.1) is 0 Å². The summed E-state index contributed by atoms with van der Waals surface area (Å²) >= 11 is 0. The van der Waals surface area contributed by atoms with Crippen LogP contribution in [0.1, 0.15) is 129 Å². The summed E-state index contributed by atoms with van der Waals surface area (Å²) in [4.78, 5) is 0. The number of rotatable bonds is 20. The Balaban J connectivity index is 3.52. The van der Waals surface area contributed by atoms with Crippen LogP contribution in [0.5, 0.6) is 0 Å². The predicted molar refractivity (Wildman–Crippen MR) is 117 cm³/mol. The topological polar surface area (TPSA) is 49.7 Å². The first-order valence-corrected chi connectivity index (χ1v) is 11.6. The van der Waals surface area contributed by atoms with Gasteiger partial charge < -0.3 is 14.9 Å². The summed E-state index contributed by atoms with van der Waals surface area (Å²) in [6.07, 6.45) is 24.1. The summed E-state index contributed by atoms with van der Waals surface area (Å²) in [7, 11) is 0. The average Bonchev–Trinajstić information content (AvgIpc) is 2.66. The van der Waals surface area contributed by atoms with E-state index in [2.05, 4.69) is 13.8 Å². The second kappa shape index (κ2) is 21.2. The zero-order valence-electron chi connectivity index (χ0n) is 18.2. The van der Waals surface area contributed by atoms with Crippen molar-refractivity contribution in [2.75, 3.05) is 0 Å². The molecule has 0 saturated heterocycles. The molecule has 0 aliphatic carbocycles. The van der Waals surface area contributed by atoms with E-state index in [1.165, 1.54) is 89.6 Å². The number of ether oxygens (including phenoxy) is 1. The Labute approximate surface area is 168 Å². The Morgan fingerprint density at radius 2 is 0.815 bits per heavy atom. The third-order valence-electron chi connectivity index (χ3n) is 4.98. The van der Waals surface area contributed by atoms with Crippen molar-refractivity contribution in [3.8, 4) is 0 Å². The fraction of sp³-hybridized carbons (Fsp3) is 0.833. The molecule has 3 nitrogen and oxygen atoms in total. The monoisotopic (exact) mass is 382 g/mol. The molecule has 0 rings (SSSR count). The van der Waals surface area contributed by atoms with Crippen molar-refractivity contribution >= 4 is 0 Å². The SMILES string of the molecule is CCCCCCCCCCC(O)=COC=C(O)CCCCCCCCCC. The van der Waals surface area contributed by atoms with E-state index in [9.17, 15) is 10.2 Å². The molecule has 0 radical (unpaired) electrons. The highest BCUT2D eigenvalue weighted by atomic mass is 16.5. The molecular weight excluding hydrogens is 336 g/mol. The van der Waals surface area contributed by atoms with Crippen molar-refractivity contribution in [2.45, 2.75) is 129 Å². The van der Waals surface area contributed by atoms with Gasteiger partial charge in [-0.3, -0.25) is 0 Å². The second-order valence-electron chi connectivity index (χ2n) is 7.80. The molecule has 0 aliphatic heterocycles. The second-order valence-corrected chi connectivity index (χ2v) is 7.80. The molecule has 3 heteroatoms. The molecule has 0 saturated carbocycles. The molecule has 0 heterocycles. The van der Waals surface area contributed by atoms with Gasteiger partial charge >= 0.3 is 0 Å². The molecule has 27 heavy (non-hydrogen) atoms. The van der Waals surface area contributed by atoms with Crippen molar-refractivity contribution in [1.82, 2.24) is 0 Å². The standard InChI is InChI=1S/C24H46O3/c1-3-5-7-9-11-13-15-17-19-23(25)21-27-22-24(26)20-18-16-14-12-10-8-6-4-2/h21-22,25-26H,3-20H2,1-2H3. The zero-order valence-corrected chi connectivity index (χ0v) is 18.2. The molecule has 0 aliphatic rings. The van der Waals surface area contributed by atoms with E-state index in [0.717, 1.165) is 25.7 Å². The Bertz CT molecular complexity index is 327. The van der Waals surface area contributed by atoms with E-state index in [4.69, 9.17) is 4.74 Å². The van der Waals surface area contributed by atoms with Gasteiger partial charge in [0.25, 0.3) is 0 Å². The van der Waals surface area contributed by atoms with Crippen molar-refractivity contribution in [3.63, 3.8) is 0 Å². The molecular formula is C24H46O3. The van der Waals surface area contributed by atoms with E-state index in [-0.39, 0.29) is 11.5 Å². The summed E-state index contributed by atoms with van der Waals surface area (Å²) in [6, 6.07) is 0. The maximum Gasteiger partial charge on any atom is 0.128 e. The fourth-order valence-electron chi connectivity index (χ4n) is 3.19. The van der Waals surface area contributed by atoms with Crippen LogP contribution in [-0.2, 0) is 4.74 Å². The smallest absolute Gasteiger partial charge is 0.128 e. The Morgan fingerprint density at radius 1 is 0.519 bits per heavy atom. The van der Waals surface area contributed by atoms with E-state index in [1.54, 1.807) is 0 Å². The van der Waals surface area contributed by atoms with Gasteiger partial charge in [0, 0.05) is 12.8 Å². The van der Waals surface area contributed by atoms with Gasteiger partial charge in [-0.2, -0.15) is 0 Å². The minimum Gasteiger partial charge on any atom is -0.509 e. The van der Waals surface area contributed by atoms with Crippen LogP contribution < -0.4 is 0 Å². The van der Waals surface area contributed by atoms with E-state index < -0.39 is 0 Å². The lowest BCUT2D eigenvalue weighted by molar-refractivity contribution is 0.292. The first-order valence-electron chi connectivity index (χ1n) is 11.6. The summed E-state index contributed by atoms with van der Waals surface area (Å²) in [5.41, 5.74) is 0. The highest BCUT2D eigenvalue weighted by Crippen LogP contribution is 2.13. The number of hydrogen-bond acceptors (Lipinski definition) is 3. The summed E-state index contributed by atoms with van der Waals surface area (Å²) in [5, 5.41) is 19.6. The third-order valence-corrected chi connectivity index (χ3v) is 4.98. The molecule has 0 atom stereocenters. The molecule has 0 aromatic rings. The Morgan fingerprint density at radius 3 is 1.15 bits per heavy atom. The van der Waals surface area contributed by atoms with Gasteiger partial charge in [0.2, 0.25) is 0 Å². The first-order chi connectivity index (χ1) is 13.2. The zero-order chi connectivity index (χ0) is 20.0. The molecule has 0 fully saturated rings. The molecule has 160 valence electrons. The van der Waals surface area contributed by atoms with Crippen molar-refractivity contribution in [1.29, 1.82) is 0 Å². The molecule has 0 bridgehead atoms. The van der Waals surface area contributed by atoms with Crippen molar-refractivity contribution in [3.05, 3.63) is 24.0 Å². The summed E-state index contributed by atoms with van der Waals surface area (Å²) < 4.78 is 5.18. The third kappa shape index (κ3) is 21.0. The van der Waals surface area contributed by atoms with Crippen molar-refractivity contribution < 1.29 is 14.9 Å². The van der Waals surface area contributed by atoms with Crippen LogP contribution in [0.3, 0.4) is 0 Å². The fourth-order valence-corrected chi connectivity index (χ4v) is 3.19. The van der Waals surface area contributed by atoms with Crippen LogP contribution in [0, 0.1) is 0 Å². The van der Waals surface area contributed by atoms with Crippen LogP contribution in [0.4, 0.5) is 0 Å². The Hall–Kier alpha value is -1.12. The van der Waals surface area contributed by atoms with Gasteiger partial charge in [0.15, 0.2) is 0 Å². The average molecular weight is 383 g/mol.